The minimum Gasteiger partial charge on any atom is -0.478 e. The third kappa shape index (κ3) is 3.39. The number of carboxylic acid groups (broad SMARTS) is 1. The molecular weight excluding hydrogens is 292 g/mol. The Kier molecular flexibility index (Phi) is 4.25. The number of aromatic carboxylic acids is 1. The monoisotopic (exact) mass is 302 g/mol. The quantitative estimate of drug-likeness (QED) is 0.860. The van der Waals surface area contributed by atoms with Gasteiger partial charge in [0.2, 0.25) is 0 Å². The van der Waals surface area contributed by atoms with Gasteiger partial charge in [0.15, 0.2) is 0 Å². The molecule has 1 aromatic carbocycles. The lowest BCUT2D eigenvalue weighted by molar-refractivity contribution is 0.0696. The fourth-order valence-corrected chi connectivity index (χ4v) is 1.84. The molecule has 2 rings (SSSR count). The average molecular weight is 302 g/mol. The largest absolute Gasteiger partial charge is 0.478 e. The normalized spacial score (nSPS) is 11.3. The van der Waals surface area contributed by atoms with Crippen LogP contribution in [0.25, 0.3) is 0 Å². The van der Waals surface area contributed by atoms with Crippen LogP contribution in [-0.2, 0) is 6.54 Å². The van der Waals surface area contributed by atoms with Crippen molar-refractivity contribution in [1.82, 2.24) is 9.78 Å². The summed E-state index contributed by atoms with van der Waals surface area (Å²) in [5, 5.41) is 12.3. The molecule has 0 unspecified atom stereocenters. The third-order valence-corrected chi connectivity index (χ3v) is 2.78. The molecule has 0 bridgehead atoms. The molecule has 0 spiro atoms. The maximum atomic E-state index is 12.8. The Hall–Kier alpha value is -2.38. The summed E-state index contributed by atoms with van der Waals surface area (Å²) in [6, 6.07) is 6.22. The maximum absolute atomic E-state index is 12.8. The third-order valence-electron chi connectivity index (χ3n) is 2.78. The van der Waals surface area contributed by atoms with E-state index >= 15 is 0 Å². The topological polar surface area (TPSA) is 55.1 Å². The SMILES string of the molecule is O=C(O)c1cccc(Cn2nc(C(F)F)cc2C(F)F)c1. The molecule has 0 aliphatic carbocycles. The van der Waals surface area contributed by atoms with Gasteiger partial charge in [0.25, 0.3) is 12.9 Å². The molecule has 1 N–H and O–H groups in total. The zero-order valence-corrected chi connectivity index (χ0v) is 10.5. The van der Waals surface area contributed by atoms with Crippen molar-refractivity contribution in [1.29, 1.82) is 0 Å². The summed E-state index contributed by atoms with van der Waals surface area (Å²) in [6.45, 7) is -0.215. The Morgan fingerprint density at radius 3 is 2.48 bits per heavy atom. The van der Waals surface area contributed by atoms with Crippen LogP contribution >= 0.6 is 0 Å². The van der Waals surface area contributed by atoms with E-state index in [1.807, 2.05) is 0 Å². The van der Waals surface area contributed by atoms with E-state index < -0.39 is 30.2 Å². The highest BCUT2D eigenvalue weighted by Crippen LogP contribution is 2.25. The number of carboxylic acids is 1. The zero-order valence-electron chi connectivity index (χ0n) is 10.5. The van der Waals surface area contributed by atoms with Crippen LogP contribution in [0.2, 0.25) is 0 Å². The molecule has 0 aliphatic heterocycles. The van der Waals surface area contributed by atoms with Crippen molar-refractivity contribution in [2.75, 3.05) is 0 Å². The molecule has 0 radical (unpaired) electrons. The highest BCUT2D eigenvalue weighted by molar-refractivity contribution is 5.87. The van der Waals surface area contributed by atoms with Gasteiger partial charge in [-0.25, -0.2) is 22.4 Å². The molecule has 21 heavy (non-hydrogen) atoms. The van der Waals surface area contributed by atoms with Crippen LogP contribution in [0, 0.1) is 0 Å². The van der Waals surface area contributed by atoms with Crippen molar-refractivity contribution in [3.05, 3.63) is 52.8 Å². The van der Waals surface area contributed by atoms with E-state index in [1.165, 1.54) is 24.3 Å². The van der Waals surface area contributed by atoms with Crippen molar-refractivity contribution in [2.45, 2.75) is 19.4 Å². The number of aromatic nitrogens is 2. The first-order chi connectivity index (χ1) is 9.88. The summed E-state index contributed by atoms with van der Waals surface area (Å²) in [4.78, 5) is 10.8. The standard InChI is InChI=1S/C13H10F4N2O2/c14-11(15)9-5-10(12(16)17)19(18-9)6-7-2-1-3-8(4-7)13(20)21/h1-5,11-12H,6H2,(H,20,21). The van der Waals surface area contributed by atoms with Crippen LogP contribution in [0.4, 0.5) is 17.6 Å². The first kappa shape index (κ1) is 15.0. The van der Waals surface area contributed by atoms with E-state index in [9.17, 15) is 22.4 Å². The van der Waals surface area contributed by atoms with Gasteiger partial charge in [-0.15, -0.1) is 0 Å². The van der Waals surface area contributed by atoms with Crippen molar-refractivity contribution in [2.24, 2.45) is 0 Å². The lowest BCUT2D eigenvalue weighted by atomic mass is 10.1. The van der Waals surface area contributed by atoms with Crippen LogP contribution in [-0.4, -0.2) is 20.9 Å². The molecule has 0 saturated carbocycles. The molecule has 0 fully saturated rings. The molecule has 0 saturated heterocycles. The van der Waals surface area contributed by atoms with E-state index in [2.05, 4.69) is 5.10 Å². The number of hydrogen-bond donors (Lipinski definition) is 1. The van der Waals surface area contributed by atoms with Gasteiger partial charge >= 0.3 is 5.97 Å². The average Bonchev–Trinajstić information content (AvgIpc) is 2.83. The van der Waals surface area contributed by atoms with Gasteiger partial charge < -0.3 is 5.11 Å². The predicted octanol–water partition coefficient (Wildman–Crippen LogP) is 3.50. The summed E-state index contributed by atoms with van der Waals surface area (Å²) in [7, 11) is 0. The zero-order chi connectivity index (χ0) is 15.6. The number of rotatable bonds is 5. The molecular formula is C13H10F4N2O2. The second-order valence-electron chi connectivity index (χ2n) is 4.26. The maximum Gasteiger partial charge on any atom is 0.335 e. The van der Waals surface area contributed by atoms with E-state index in [1.54, 1.807) is 0 Å². The molecule has 0 atom stereocenters. The number of carbonyl (C=O) groups is 1. The highest BCUT2D eigenvalue weighted by atomic mass is 19.3. The molecule has 112 valence electrons. The minimum absolute atomic E-state index is 0.0210. The van der Waals surface area contributed by atoms with E-state index in [4.69, 9.17) is 5.11 Å². The van der Waals surface area contributed by atoms with Crippen molar-refractivity contribution in [3.8, 4) is 0 Å². The molecule has 2 aromatic rings. The molecule has 1 heterocycles. The number of hydrogen-bond acceptors (Lipinski definition) is 2. The Morgan fingerprint density at radius 2 is 1.90 bits per heavy atom. The van der Waals surface area contributed by atoms with Gasteiger partial charge in [0.05, 0.1) is 12.1 Å². The van der Waals surface area contributed by atoms with E-state index in [0.29, 0.717) is 11.6 Å². The fourth-order valence-electron chi connectivity index (χ4n) is 1.84. The first-order valence-corrected chi connectivity index (χ1v) is 5.84. The first-order valence-electron chi connectivity index (χ1n) is 5.84. The summed E-state index contributed by atoms with van der Waals surface area (Å²) in [5.74, 6) is -1.17. The van der Waals surface area contributed by atoms with E-state index in [0.717, 1.165) is 4.68 Å². The van der Waals surface area contributed by atoms with Gasteiger partial charge in [0, 0.05) is 0 Å². The molecule has 0 amide bonds. The van der Waals surface area contributed by atoms with Crippen LogP contribution in [0.1, 0.15) is 40.2 Å². The Balaban J connectivity index is 2.34. The van der Waals surface area contributed by atoms with Crippen molar-refractivity contribution >= 4 is 5.97 Å². The summed E-state index contributed by atoms with van der Waals surface area (Å²) < 4.78 is 51.5. The van der Waals surface area contributed by atoms with Crippen LogP contribution in [0.3, 0.4) is 0 Å². The number of benzene rings is 1. The lowest BCUT2D eigenvalue weighted by Gasteiger charge is -2.07. The van der Waals surface area contributed by atoms with Crippen LogP contribution < -0.4 is 0 Å². The van der Waals surface area contributed by atoms with Gasteiger partial charge in [0.1, 0.15) is 11.4 Å². The predicted molar refractivity (Wildman–Crippen MR) is 64.6 cm³/mol. The number of alkyl halides is 4. The Labute approximate surface area is 116 Å². The summed E-state index contributed by atoms with van der Waals surface area (Å²) in [6.07, 6.45) is -5.90. The van der Waals surface area contributed by atoms with Crippen molar-refractivity contribution in [3.63, 3.8) is 0 Å². The van der Waals surface area contributed by atoms with E-state index in [-0.39, 0.29) is 12.1 Å². The molecule has 1 aromatic heterocycles. The fraction of sp³-hybridized carbons (Fsp3) is 0.231. The van der Waals surface area contributed by atoms with Crippen LogP contribution in [0.5, 0.6) is 0 Å². The minimum atomic E-state index is -2.95. The molecule has 4 nitrogen and oxygen atoms in total. The summed E-state index contributed by atoms with van der Waals surface area (Å²) >= 11 is 0. The summed E-state index contributed by atoms with van der Waals surface area (Å²) in [5.41, 5.74) is -1.02. The van der Waals surface area contributed by atoms with Gasteiger partial charge in [-0.3, -0.25) is 4.68 Å². The number of nitrogens with zero attached hydrogens (tertiary/aromatic N) is 2. The number of halogens is 4. The second kappa shape index (κ2) is 5.94. The van der Waals surface area contributed by atoms with Gasteiger partial charge in [-0.1, -0.05) is 12.1 Å². The lowest BCUT2D eigenvalue weighted by Crippen LogP contribution is -2.08. The smallest absolute Gasteiger partial charge is 0.335 e. The Bertz CT molecular complexity index is 655. The van der Waals surface area contributed by atoms with Crippen molar-refractivity contribution < 1.29 is 27.5 Å². The molecule has 0 aliphatic rings. The van der Waals surface area contributed by atoms with Gasteiger partial charge in [-0.2, -0.15) is 5.10 Å². The highest BCUT2D eigenvalue weighted by Gasteiger charge is 2.21. The van der Waals surface area contributed by atoms with Crippen LogP contribution in [0.15, 0.2) is 30.3 Å². The van der Waals surface area contributed by atoms with Gasteiger partial charge in [-0.05, 0) is 23.8 Å². The Morgan fingerprint density at radius 1 is 1.19 bits per heavy atom. The molecule has 8 heteroatoms. The second-order valence-corrected chi connectivity index (χ2v) is 4.26.